The number of aliphatic hydroxyl groups excluding tert-OH is 2. The van der Waals surface area contributed by atoms with Gasteiger partial charge in [0.25, 0.3) is 0 Å². The summed E-state index contributed by atoms with van der Waals surface area (Å²) in [4.78, 5) is 12.4. The molecular formula is C56H107NO3. The lowest BCUT2D eigenvalue weighted by Gasteiger charge is -2.19. The molecule has 354 valence electrons. The maximum atomic E-state index is 12.4. The van der Waals surface area contributed by atoms with Gasteiger partial charge in [-0.3, -0.25) is 4.79 Å². The van der Waals surface area contributed by atoms with Crippen molar-refractivity contribution in [2.45, 2.75) is 309 Å². The van der Waals surface area contributed by atoms with E-state index in [1.54, 1.807) is 6.08 Å². The van der Waals surface area contributed by atoms with Crippen LogP contribution < -0.4 is 5.32 Å². The van der Waals surface area contributed by atoms with Gasteiger partial charge in [-0.2, -0.15) is 0 Å². The van der Waals surface area contributed by atoms with Crippen LogP contribution in [0.1, 0.15) is 296 Å². The SMILES string of the molecule is CCCCCCCCCCCCCCCCCCC/C=C/CC/C=C/CC/C=C/C(O)C(CO)NC(=O)CCCCCCCCCCCCCCCCCCCCCCC. The molecule has 0 fully saturated rings. The van der Waals surface area contributed by atoms with Gasteiger partial charge in [0, 0.05) is 6.42 Å². The van der Waals surface area contributed by atoms with Crippen LogP contribution >= 0.6 is 0 Å². The highest BCUT2D eigenvalue weighted by Gasteiger charge is 2.18. The number of aliphatic hydroxyl groups is 2. The number of amides is 1. The summed E-state index contributed by atoms with van der Waals surface area (Å²) in [6.45, 7) is 4.33. The van der Waals surface area contributed by atoms with E-state index in [0.29, 0.717) is 6.42 Å². The van der Waals surface area contributed by atoms with Crippen LogP contribution in [-0.2, 0) is 4.79 Å². The van der Waals surface area contributed by atoms with Crippen molar-refractivity contribution in [2.75, 3.05) is 6.61 Å². The lowest BCUT2D eigenvalue weighted by molar-refractivity contribution is -0.123. The highest BCUT2D eigenvalue weighted by molar-refractivity contribution is 5.76. The molecule has 0 saturated carbocycles. The van der Waals surface area contributed by atoms with E-state index in [1.165, 1.54) is 238 Å². The van der Waals surface area contributed by atoms with Gasteiger partial charge in [-0.1, -0.05) is 281 Å². The second-order valence-corrected chi connectivity index (χ2v) is 18.6. The zero-order valence-electron chi connectivity index (χ0n) is 40.7. The topological polar surface area (TPSA) is 69.6 Å². The van der Waals surface area contributed by atoms with Crippen LogP contribution in [0, 0.1) is 0 Å². The van der Waals surface area contributed by atoms with Gasteiger partial charge in [0.05, 0.1) is 18.8 Å². The van der Waals surface area contributed by atoms with Crippen molar-refractivity contribution in [1.82, 2.24) is 5.32 Å². The van der Waals surface area contributed by atoms with Crippen LogP contribution in [0.2, 0.25) is 0 Å². The molecule has 0 aliphatic rings. The molecule has 0 spiro atoms. The fourth-order valence-corrected chi connectivity index (χ4v) is 8.45. The molecule has 4 heteroatoms. The number of carbonyl (C=O) groups excluding carboxylic acids is 1. The van der Waals surface area contributed by atoms with E-state index in [0.717, 1.165) is 38.5 Å². The molecule has 0 aliphatic heterocycles. The first-order valence-corrected chi connectivity index (χ1v) is 27.2. The summed E-state index contributed by atoms with van der Waals surface area (Å²) < 4.78 is 0. The van der Waals surface area contributed by atoms with Crippen molar-refractivity contribution in [3.63, 3.8) is 0 Å². The number of hydrogen-bond acceptors (Lipinski definition) is 3. The Labute approximate surface area is 376 Å². The molecule has 60 heavy (non-hydrogen) atoms. The number of unbranched alkanes of at least 4 members (excludes halogenated alkanes) is 39. The molecule has 4 nitrogen and oxygen atoms in total. The number of hydrogen-bond donors (Lipinski definition) is 3. The van der Waals surface area contributed by atoms with Crippen LogP contribution in [0.15, 0.2) is 36.5 Å². The maximum absolute atomic E-state index is 12.4. The summed E-state index contributed by atoms with van der Waals surface area (Å²) in [6.07, 6.45) is 70.2. The van der Waals surface area contributed by atoms with Crippen molar-refractivity contribution in [3.8, 4) is 0 Å². The normalized spacial score (nSPS) is 13.1. The van der Waals surface area contributed by atoms with E-state index in [2.05, 4.69) is 43.5 Å². The minimum Gasteiger partial charge on any atom is -0.394 e. The van der Waals surface area contributed by atoms with Gasteiger partial charge in [0.15, 0.2) is 0 Å². The molecule has 0 saturated heterocycles. The van der Waals surface area contributed by atoms with Gasteiger partial charge in [0.2, 0.25) is 5.91 Å². The quantitative estimate of drug-likeness (QED) is 0.0422. The lowest BCUT2D eigenvalue weighted by Crippen LogP contribution is -2.45. The van der Waals surface area contributed by atoms with E-state index in [4.69, 9.17) is 0 Å². The van der Waals surface area contributed by atoms with Crippen molar-refractivity contribution < 1.29 is 15.0 Å². The summed E-state index contributed by atoms with van der Waals surface area (Å²) in [7, 11) is 0. The summed E-state index contributed by atoms with van der Waals surface area (Å²) in [5.41, 5.74) is 0. The molecule has 0 aromatic rings. The third-order valence-electron chi connectivity index (χ3n) is 12.6. The van der Waals surface area contributed by atoms with Gasteiger partial charge >= 0.3 is 0 Å². The zero-order valence-corrected chi connectivity index (χ0v) is 40.7. The maximum Gasteiger partial charge on any atom is 0.220 e. The molecule has 3 N–H and O–H groups in total. The van der Waals surface area contributed by atoms with E-state index >= 15 is 0 Å². The lowest BCUT2D eigenvalue weighted by atomic mass is 10.0. The molecule has 0 aromatic heterocycles. The Kier molecular flexibility index (Phi) is 50.8. The van der Waals surface area contributed by atoms with Gasteiger partial charge in [-0.05, 0) is 44.9 Å². The van der Waals surface area contributed by atoms with Crippen molar-refractivity contribution in [3.05, 3.63) is 36.5 Å². The Morgan fingerprint density at radius 1 is 0.383 bits per heavy atom. The Morgan fingerprint density at radius 2 is 0.650 bits per heavy atom. The van der Waals surface area contributed by atoms with Gasteiger partial charge in [-0.15, -0.1) is 0 Å². The Morgan fingerprint density at radius 3 is 0.967 bits per heavy atom. The van der Waals surface area contributed by atoms with Crippen LogP contribution in [0.4, 0.5) is 0 Å². The summed E-state index contributed by atoms with van der Waals surface area (Å²) >= 11 is 0. The number of nitrogens with one attached hydrogen (secondary N) is 1. The molecule has 2 atom stereocenters. The highest BCUT2D eigenvalue weighted by Crippen LogP contribution is 2.17. The average Bonchev–Trinajstić information content (AvgIpc) is 3.25. The number of rotatable bonds is 50. The minimum absolute atomic E-state index is 0.0727. The Bertz CT molecular complexity index is 912. The molecule has 0 heterocycles. The van der Waals surface area contributed by atoms with Crippen LogP contribution in [-0.4, -0.2) is 34.9 Å². The van der Waals surface area contributed by atoms with E-state index < -0.39 is 12.1 Å². The van der Waals surface area contributed by atoms with E-state index in [9.17, 15) is 15.0 Å². The molecule has 0 aromatic carbocycles. The third kappa shape index (κ3) is 47.7. The smallest absolute Gasteiger partial charge is 0.220 e. The first-order valence-electron chi connectivity index (χ1n) is 27.2. The van der Waals surface area contributed by atoms with Crippen LogP contribution in [0.3, 0.4) is 0 Å². The second-order valence-electron chi connectivity index (χ2n) is 18.6. The van der Waals surface area contributed by atoms with Crippen molar-refractivity contribution >= 4 is 5.91 Å². The van der Waals surface area contributed by atoms with E-state index in [1.807, 2.05) is 6.08 Å². The monoisotopic (exact) mass is 842 g/mol. The molecule has 0 rings (SSSR count). The zero-order chi connectivity index (χ0) is 43.5. The summed E-state index contributed by atoms with van der Waals surface area (Å²) in [5.74, 6) is -0.0727. The molecule has 0 radical (unpaired) electrons. The fraction of sp³-hybridized carbons (Fsp3) is 0.875. The summed E-state index contributed by atoms with van der Waals surface area (Å²) in [6, 6.07) is -0.643. The number of carbonyl (C=O) groups is 1. The average molecular weight is 842 g/mol. The van der Waals surface area contributed by atoms with Crippen LogP contribution in [0.25, 0.3) is 0 Å². The van der Waals surface area contributed by atoms with E-state index in [-0.39, 0.29) is 12.5 Å². The third-order valence-corrected chi connectivity index (χ3v) is 12.6. The predicted octanol–water partition coefficient (Wildman–Crippen LogP) is 17.7. The highest BCUT2D eigenvalue weighted by atomic mass is 16.3. The molecule has 2 unspecified atom stereocenters. The van der Waals surface area contributed by atoms with Gasteiger partial charge < -0.3 is 15.5 Å². The minimum atomic E-state index is -0.869. The van der Waals surface area contributed by atoms with Gasteiger partial charge in [0.1, 0.15) is 0 Å². The molecular weight excluding hydrogens is 735 g/mol. The van der Waals surface area contributed by atoms with Crippen molar-refractivity contribution in [1.29, 1.82) is 0 Å². The van der Waals surface area contributed by atoms with Crippen LogP contribution in [0.5, 0.6) is 0 Å². The Hall–Kier alpha value is -1.39. The van der Waals surface area contributed by atoms with Gasteiger partial charge in [-0.25, -0.2) is 0 Å². The second kappa shape index (κ2) is 52.0. The Balaban J connectivity index is 3.55. The first-order chi connectivity index (χ1) is 29.7. The van der Waals surface area contributed by atoms with Crippen molar-refractivity contribution in [2.24, 2.45) is 0 Å². The molecule has 1 amide bonds. The molecule has 0 bridgehead atoms. The standard InChI is InChI=1S/C56H107NO3/c1-3-5-7-9-11-13-15-17-19-21-23-25-26-27-28-29-30-32-33-35-37-39-41-43-45-47-49-51-55(59)54(53-58)57-56(60)52-50-48-46-44-42-40-38-36-34-31-24-22-20-18-16-14-12-10-8-6-4-2/h33,35,41,43,49,51,54-55,58-59H,3-32,34,36-40,42,44-48,50,52-53H2,1-2H3,(H,57,60)/b35-33+,43-41+,51-49+. The fourth-order valence-electron chi connectivity index (χ4n) is 8.45. The largest absolute Gasteiger partial charge is 0.394 e. The molecule has 0 aliphatic carbocycles. The number of allylic oxidation sites excluding steroid dienone is 5. The first kappa shape index (κ1) is 58.6. The predicted molar refractivity (Wildman–Crippen MR) is 267 cm³/mol. The summed E-state index contributed by atoms with van der Waals surface area (Å²) in [5, 5.41) is 23.1.